The van der Waals surface area contributed by atoms with Crippen LogP contribution in [0.2, 0.25) is 0 Å². The molecule has 1 aromatic rings. The van der Waals surface area contributed by atoms with Gasteiger partial charge >= 0.3 is 0 Å². The lowest BCUT2D eigenvalue weighted by Gasteiger charge is -2.05. The summed E-state index contributed by atoms with van der Waals surface area (Å²) in [6.45, 7) is 0. The Morgan fingerprint density at radius 1 is 1.33 bits per heavy atom. The average molecular weight is 292 g/mol. The number of carbonyl (C=O) groups excluding carboxylic acids is 1. The minimum atomic E-state index is 0.318. The van der Waals surface area contributed by atoms with E-state index in [-0.39, 0.29) is 0 Å². The molecule has 3 heteroatoms. The van der Waals surface area contributed by atoms with E-state index < -0.39 is 0 Å². The van der Waals surface area contributed by atoms with Crippen molar-refractivity contribution in [1.82, 2.24) is 0 Å². The van der Waals surface area contributed by atoms with Crippen molar-refractivity contribution < 1.29 is 4.79 Å². The molecule has 1 rings (SSSR count). The molecule has 0 aromatic heterocycles. The number of hydrogen-bond acceptors (Lipinski definition) is 1. The number of hydrogen-bond donors (Lipinski definition) is 0. The van der Waals surface area contributed by atoms with E-state index in [4.69, 9.17) is 0 Å². The molecule has 64 valence electrons. The van der Waals surface area contributed by atoms with E-state index in [1.807, 2.05) is 24.3 Å². The van der Waals surface area contributed by atoms with Crippen molar-refractivity contribution in [2.75, 3.05) is 5.33 Å². The Balaban J connectivity index is 2.84. The number of halogens is 2. The predicted octanol–water partition coefficient (Wildman–Crippen LogP) is 3.33. The number of alkyl halides is 2. The molecular formula is C9H8Br2O. The molecule has 1 aromatic carbocycles. The molecule has 0 bridgehead atoms. The summed E-state index contributed by atoms with van der Waals surface area (Å²) in [5.41, 5.74) is 1.89. The molecule has 0 aliphatic rings. The van der Waals surface area contributed by atoms with Crippen LogP contribution in [0.25, 0.3) is 0 Å². The first-order chi connectivity index (χ1) is 5.77. The first kappa shape index (κ1) is 9.93. The zero-order valence-electron chi connectivity index (χ0n) is 6.34. The minimum absolute atomic E-state index is 0.318. The van der Waals surface area contributed by atoms with E-state index in [9.17, 15) is 4.79 Å². The van der Waals surface area contributed by atoms with E-state index in [0.29, 0.717) is 10.4 Å². The molecule has 0 aliphatic carbocycles. The third-order valence-electron chi connectivity index (χ3n) is 1.57. The molecule has 1 atom stereocenters. The Bertz CT molecular complexity index is 256. The Kier molecular flexibility index (Phi) is 3.95. The maximum atomic E-state index is 10.3. The Hall–Kier alpha value is -0.150. The van der Waals surface area contributed by atoms with E-state index in [1.165, 1.54) is 5.56 Å². The Morgan fingerprint density at radius 2 is 1.92 bits per heavy atom. The van der Waals surface area contributed by atoms with Gasteiger partial charge in [-0.1, -0.05) is 56.1 Å². The zero-order chi connectivity index (χ0) is 8.97. The number of carbonyl (C=O) groups is 1. The van der Waals surface area contributed by atoms with E-state index in [2.05, 4.69) is 31.9 Å². The summed E-state index contributed by atoms with van der Waals surface area (Å²) in [5.74, 6) is 0. The van der Waals surface area contributed by atoms with Gasteiger partial charge in [0.2, 0.25) is 0 Å². The monoisotopic (exact) mass is 290 g/mol. The lowest BCUT2D eigenvalue weighted by molar-refractivity contribution is 0.112. The second-order valence-electron chi connectivity index (χ2n) is 2.41. The van der Waals surface area contributed by atoms with Gasteiger partial charge < -0.3 is 0 Å². The smallest absolute Gasteiger partial charge is 0.150 e. The second kappa shape index (κ2) is 4.77. The van der Waals surface area contributed by atoms with Crippen LogP contribution in [0.1, 0.15) is 20.7 Å². The van der Waals surface area contributed by atoms with Crippen LogP contribution in [0.4, 0.5) is 0 Å². The third kappa shape index (κ3) is 2.42. The van der Waals surface area contributed by atoms with Crippen molar-refractivity contribution in [3.05, 3.63) is 35.4 Å². The fourth-order valence-electron chi connectivity index (χ4n) is 0.872. The fourth-order valence-corrected chi connectivity index (χ4v) is 1.55. The van der Waals surface area contributed by atoms with Gasteiger partial charge in [-0.05, 0) is 5.56 Å². The maximum absolute atomic E-state index is 10.3. The number of aldehydes is 1. The van der Waals surface area contributed by atoms with Crippen molar-refractivity contribution in [3.8, 4) is 0 Å². The standard InChI is InChI=1S/C9H8Br2O/c10-5-9(11)8-3-1-7(6-12)2-4-8/h1-4,6,9H,5H2. The second-order valence-corrected chi connectivity index (χ2v) is 4.16. The van der Waals surface area contributed by atoms with Gasteiger partial charge in [0.05, 0.1) is 0 Å². The van der Waals surface area contributed by atoms with Gasteiger partial charge in [0, 0.05) is 15.7 Å². The van der Waals surface area contributed by atoms with Crippen LogP contribution in [0.15, 0.2) is 24.3 Å². The minimum Gasteiger partial charge on any atom is -0.298 e. The third-order valence-corrected chi connectivity index (χ3v) is 3.94. The van der Waals surface area contributed by atoms with Crippen LogP contribution in [-0.2, 0) is 0 Å². The predicted molar refractivity (Wildman–Crippen MR) is 57.3 cm³/mol. The fraction of sp³-hybridized carbons (Fsp3) is 0.222. The van der Waals surface area contributed by atoms with Crippen LogP contribution in [0, 0.1) is 0 Å². The van der Waals surface area contributed by atoms with Gasteiger partial charge in [-0.3, -0.25) is 4.79 Å². The first-order valence-corrected chi connectivity index (χ1v) is 5.57. The van der Waals surface area contributed by atoms with Crippen LogP contribution in [0.3, 0.4) is 0 Å². The molecule has 0 fully saturated rings. The van der Waals surface area contributed by atoms with Crippen molar-refractivity contribution in [2.45, 2.75) is 4.83 Å². The van der Waals surface area contributed by atoms with Crippen LogP contribution < -0.4 is 0 Å². The van der Waals surface area contributed by atoms with Crippen molar-refractivity contribution >= 4 is 38.1 Å². The normalized spacial score (nSPS) is 12.5. The van der Waals surface area contributed by atoms with E-state index in [0.717, 1.165) is 11.6 Å². The molecule has 0 radical (unpaired) electrons. The summed E-state index contributed by atoms with van der Waals surface area (Å²) in [7, 11) is 0. The van der Waals surface area contributed by atoms with Gasteiger partial charge in [0.25, 0.3) is 0 Å². The summed E-state index contributed by atoms with van der Waals surface area (Å²) in [4.78, 5) is 10.7. The lowest BCUT2D eigenvalue weighted by atomic mass is 10.1. The van der Waals surface area contributed by atoms with E-state index >= 15 is 0 Å². The first-order valence-electron chi connectivity index (χ1n) is 3.53. The highest BCUT2D eigenvalue weighted by Crippen LogP contribution is 2.24. The molecular weight excluding hydrogens is 284 g/mol. The molecule has 0 saturated heterocycles. The maximum Gasteiger partial charge on any atom is 0.150 e. The quantitative estimate of drug-likeness (QED) is 0.617. The van der Waals surface area contributed by atoms with Crippen LogP contribution in [0.5, 0.6) is 0 Å². The lowest BCUT2D eigenvalue weighted by Crippen LogP contribution is -1.90. The molecule has 0 heterocycles. The molecule has 1 unspecified atom stereocenters. The van der Waals surface area contributed by atoms with Crippen LogP contribution >= 0.6 is 31.9 Å². The van der Waals surface area contributed by atoms with Crippen LogP contribution in [-0.4, -0.2) is 11.6 Å². The molecule has 0 N–H and O–H groups in total. The summed E-state index contributed by atoms with van der Waals surface area (Å²) >= 11 is 6.87. The summed E-state index contributed by atoms with van der Waals surface area (Å²) in [5, 5.41) is 0.868. The van der Waals surface area contributed by atoms with Gasteiger partial charge in [-0.2, -0.15) is 0 Å². The van der Waals surface area contributed by atoms with Gasteiger partial charge in [-0.25, -0.2) is 0 Å². The molecule has 12 heavy (non-hydrogen) atoms. The van der Waals surface area contributed by atoms with Crippen molar-refractivity contribution in [2.24, 2.45) is 0 Å². The van der Waals surface area contributed by atoms with Gasteiger partial charge in [0.1, 0.15) is 6.29 Å². The number of rotatable bonds is 3. The highest BCUT2D eigenvalue weighted by atomic mass is 79.9. The highest BCUT2D eigenvalue weighted by molar-refractivity contribution is 9.12. The average Bonchev–Trinajstić information content (AvgIpc) is 2.17. The summed E-state index contributed by atoms with van der Waals surface area (Å²) < 4.78 is 0. The molecule has 0 spiro atoms. The highest BCUT2D eigenvalue weighted by Gasteiger charge is 2.03. The van der Waals surface area contributed by atoms with Crippen molar-refractivity contribution in [1.29, 1.82) is 0 Å². The topological polar surface area (TPSA) is 17.1 Å². The Labute approximate surface area is 88.4 Å². The largest absolute Gasteiger partial charge is 0.298 e. The Morgan fingerprint density at radius 3 is 2.33 bits per heavy atom. The van der Waals surface area contributed by atoms with E-state index in [1.54, 1.807) is 0 Å². The molecule has 0 saturated carbocycles. The van der Waals surface area contributed by atoms with Gasteiger partial charge in [0.15, 0.2) is 0 Å². The summed E-state index contributed by atoms with van der Waals surface area (Å²) in [6, 6.07) is 7.54. The SMILES string of the molecule is O=Cc1ccc(C(Br)CBr)cc1. The zero-order valence-corrected chi connectivity index (χ0v) is 9.51. The molecule has 0 amide bonds. The molecule has 0 aliphatic heterocycles. The van der Waals surface area contributed by atoms with Crippen molar-refractivity contribution in [3.63, 3.8) is 0 Å². The number of benzene rings is 1. The summed E-state index contributed by atoms with van der Waals surface area (Å²) in [6.07, 6.45) is 0.848. The van der Waals surface area contributed by atoms with Gasteiger partial charge in [-0.15, -0.1) is 0 Å². The molecule has 1 nitrogen and oxygen atoms in total.